The molecule has 8 heteroatoms. The summed E-state index contributed by atoms with van der Waals surface area (Å²) in [6, 6.07) is 10.9. The average Bonchev–Trinajstić information content (AvgIpc) is 3.19. The van der Waals surface area contributed by atoms with Crippen LogP contribution >= 0.6 is 0 Å². The van der Waals surface area contributed by atoms with Gasteiger partial charge in [0.15, 0.2) is 5.54 Å². The molecule has 0 bridgehead atoms. The second-order valence-electron chi connectivity index (χ2n) is 8.88. The van der Waals surface area contributed by atoms with Crippen molar-refractivity contribution < 1.29 is 18.6 Å². The highest BCUT2D eigenvalue weighted by atomic mass is 19.1. The largest absolute Gasteiger partial charge is 0.462 e. The van der Waals surface area contributed by atoms with Crippen LogP contribution in [0.3, 0.4) is 0 Å². The number of ether oxygens (including phenoxy) is 3. The van der Waals surface area contributed by atoms with Gasteiger partial charge in [-0.2, -0.15) is 4.39 Å². The second-order valence-corrected chi connectivity index (χ2v) is 8.88. The molecule has 1 spiro atoms. The van der Waals surface area contributed by atoms with Gasteiger partial charge in [0.1, 0.15) is 12.4 Å². The molecule has 3 aliphatic rings. The van der Waals surface area contributed by atoms with Crippen LogP contribution in [0.5, 0.6) is 11.6 Å². The summed E-state index contributed by atoms with van der Waals surface area (Å²) in [5.74, 6) is 0.565. The highest BCUT2D eigenvalue weighted by Gasteiger charge is 2.47. The van der Waals surface area contributed by atoms with Crippen LogP contribution < -0.4 is 10.5 Å². The average molecular weight is 444 g/mol. The molecule has 1 aromatic carbocycles. The minimum absolute atomic E-state index is 0.0356. The monoisotopic (exact) mass is 444 g/mol. The molecule has 0 saturated carbocycles. The molecule has 5 heterocycles. The SMILES string of the molecule is CC1(/C=C/c2cnc3c(c2)[C@]2(COC(N)=N2)c2cc(-c4ccc(F)nc4)ccc2O3)COC1. The van der Waals surface area contributed by atoms with Crippen molar-refractivity contribution >= 4 is 12.1 Å². The Morgan fingerprint density at radius 2 is 1.85 bits per heavy atom. The van der Waals surface area contributed by atoms with Crippen LogP contribution in [0.15, 0.2) is 59.9 Å². The van der Waals surface area contributed by atoms with Gasteiger partial charge in [-0.1, -0.05) is 25.1 Å². The lowest BCUT2D eigenvalue weighted by Crippen LogP contribution is -2.37. The molecule has 3 aliphatic heterocycles. The number of amidine groups is 1. The quantitative estimate of drug-likeness (QED) is 0.614. The van der Waals surface area contributed by atoms with E-state index in [0.29, 0.717) is 24.8 Å². The van der Waals surface area contributed by atoms with Crippen molar-refractivity contribution in [3.05, 3.63) is 77.5 Å². The summed E-state index contributed by atoms with van der Waals surface area (Å²) in [5, 5.41) is 0. The maximum atomic E-state index is 13.3. The predicted molar refractivity (Wildman–Crippen MR) is 120 cm³/mol. The van der Waals surface area contributed by atoms with Gasteiger partial charge in [-0.3, -0.25) is 0 Å². The van der Waals surface area contributed by atoms with Crippen molar-refractivity contribution in [3.63, 3.8) is 0 Å². The number of aliphatic imine (C=N–C) groups is 1. The fourth-order valence-electron chi connectivity index (χ4n) is 4.38. The Hall–Kier alpha value is -3.78. The molecule has 7 nitrogen and oxygen atoms in total. The Balaban J connectivity index is 1.47. The standard InChI is InChI=1S/C25H21FN4O3/c1-24(12-31-13-24)7-6-15-8-19-22(29-10-15)33-20-4-2-16(17-3-5-21(26)28-11-17)9-18(20)25(19)14-32-23(27)30-25/h2-11H,12-14H2,1H3,(H2,27,30)/b7-6+/t25-/m0/s1. The molecule has 166 valence electrons. The molecule has 0 radical (unpaired) electrons. The Kier molecular flexibility index (Phi) is 4.28. The minimum atomic E-state index is -0.892. The van der Waals surface area contributed by atoms with Gasteiger partial charge in [0.25, 0.3) is 6.02 Å². The number of nitrogens with two attached hydrogens (primary N) is 1. The zero-order valence-electron chi connectivity index (χ0n) is 17.9. The van der Waals surface area contributed by atoms with Gasteiger partial charge < -0.3 is 19.9 Å². The molecule has 2 N–H and O–H groups in total. The summed E-state index contributed by atoms with van der Waals surface area (Å²) in [6.07, 6.45) is 7.47. The van der Waals surface area contributed by atoms with E-state index in [-0.39, 0.29) is 18.0 Å². The zero-order valence-corrected chi connectivity index (χ0v) is 17.9. The fraction of sp³-hybridized carbons (Fsp3) is 0.240. The Bertz CT molecular complexity index is 1320. The number of hydrogen-bond donors (Lipinski definition) is 1. The van der Waals surface area contributed by atoms with Crippen molar-refractivity contribution in [1.29, 1.82) is 0 Å². The van der Waals surface area contributed by atoms with Crippen molar-refractivity contribution in [1.82, 2.24) is 9.97 Å². The highest BCUT2D eigenvalue weighted by Crippen LogP contribution is 2.51. The van der Waals surface area contributed by atoms with Crippen LogP contribution in [-0.4, -0.2) is 35.8 Å². The lowest BCUT2D eigenvalue weighted by Gasteiger charge is -2.35. The topological polar surface area (TPSA) is 91.9 Å². The number of nitrogens with zero attached hydrogens (tertiary/aromatic N) is 3. The van der Waals surface area contributed by atoms with Gasteiger partial charge >= 0.3 is 0 Å². The maximum absolute atomic E-state index is 13.3. The van der Waals surface area contributed by atoms with E-state index >= 15 is 0 Å². The number of aromatic nitrogens is 2. The Morgan fingerprint density at radius 1 is 1.00 bits per heavy atom. The van der Waals surface area contributed by atoms with E-state index in [2.05, 4.69) is 23.0 Å². The molecule has 1 atom stereocenters. The van der Waals surface area contributed by atoms with E-state index in [4.69, 9.17) is 24.9 Å². The highest BCUT2D eigenvalue weighted by molar-refractivity contribution is 5.78. The molecule has 1 saturated heterocycles. The summed E-state index contributed by atoms with van der Waals surface area (Å²) in [6.45, 7) is 3.80. The van der Waals surface area contributed by atoms with Crippen molar-refractivity contribution in [2.45, 2.75) is 12.5 Å². The minimum Gasteiger partial charge on any atom is -0.462 e. The van der Waals surface area contributed by atoms with Gasteiger partial charge in [-0.05, 0) is 41.5 Å². The molecule has 6 rings (SSSR count). The Labute approximate surface area is 189 Å². The van der Waals surface area contributed by atoms with Gasteiger partial charge in [0.05, 0.1) is 18.8 Å². The third-order valence-corrected chi connectivity index (χ3v) is 6.28. The van der Waals surface area contributed by atoms with E-state index in [1.807, 2.05) is 30.3 Å². The summed E-state index contributed by atoms with van der Waals surface area (Å²) in [7, 11) is 0. The molecule has 0 unspecified atom stereocenters. The summed E-state index contributed by atoms with van der Waals surface area (Å²) in [4.78, 5) is 13.1. The van der Waals surface area contributed by atoms with Crippen LogP contribution in [-0.2, 0) is 15.0 Å². The number of pyridine rings is 2. The predicted octanol–water partition coefficient (Wildman–Crippen LogP) is 4.03. The fourth-order valence-corrected chi connectivity index (χ4v) is 4.38. The van der Waals surface area contributed by atoms with E-state index in [1.165, 1.54) is 12.3 Å². The molecule has 0 aliphatic carbocycles. The first kappa shape index (κ1) is 19.9. The number of fused-ring (bicyclic) bond motifs is 4. The number of halogens is 1. The lowest BCUT2D eigenvalue weighted by molar-refractivity contribution is -0.0703. The van der Waals surface area contributed by atoms with Crippen LogP contribution in [0, 0.1) is 11.4 Å². The Morgan fingerprint density at radius 3 is 2.55 bits per heavy atom. The van der Waals surface area contributed by atoms with Gasteiger partial charge in [-0.15, -0.1) is 0 Å². The van der Waals surface area contributed by atoms with E-state index < -0.39 is 11.5 Å². The molecule has 1 fully saturated rings. The molecule has 2 aromatic heterocycles. The summed E-state index contributed by atoms with van der Waals surface area (Å²) >= 11 is 0. The van der Waals surface area contributed by atoms with Gasteiger partial charge in [0.2, 0.25) is 11.8 Å². The van der Waals surface area contributed by atoms with Gasteiger partial charge in [-0.25, -0.2) is 15.0 Å². The number of hydrogen-bond acceptors (Lipinski definition) is 7. The van der Waals surface area contributed by atoms with Crippen LogP contribution in [0.1, 0.15) is 23.6 Å². The second kappa shape index (κ2) is 7.11. The first-order chi connectivity index (χ1) is 15.9. The van der Waals surface area contributed by atoms with E-state index in [9.17, 15) is 4.39 Å². The lowest BCUT2D eigenvalue weighted by atomic mass is 9.81. The normalized spacial score (nSPS) is 22.2. The number of benzene rings is 1. The van der Waals surface area contributed by atoms with Crippen molar-refractivity contribution in [2.75, 3.05) is 19.8 Å². The third kappa shape index (κ3) is 3.25. The molecule has 33 heavy (non-hydrogen) atoms. The summed E-state index contributed by atoms with van der Waals surface area (Å²) < 4.78 is 30.5. The first-order valence-electron chi connectivity index (χ1n) is 10.6. The maximum Gasteiger partial charge on any atom is 0.283 e. The molecular weight excluding hydrogens is 423 g/mol. The van der Waals surface area contributed by atoms with Crippen molar-refractivity contribution in [3.8, 4) is 22.8 Å². The van der Waals surface area contributed by atoms with Crippen LogP contribution in [0.2, 0.25) is 0 Å². The van der Waals surface area contributed by atoms with Crippen molar-refractivity contribution in [2.24, 2.45) is 16.1 Å². The van der Waals surface area contributed by atoms with Crippen LogP contribution in [0.25, 0.3) is 17.2 Å². The third-order valence-electron chi connectivity index (χ3n) is 6.28. The zero-order chi connectivity index (χ0) is 22.6. The van der Waals surface area contributed by atoms with Gasteiger partial charge in [0, 0.05) is 28.9 Å². The number of rotatable bonds is 3. The summed E-state index contributed by atoms with van der Waals surface area (Å²) in [5.41, 5.74) is 9.28. The van der Waals surface area contributed by atoms with Crippen LogP contribution in [0.4, 0.5) is 4.39 Å². The first-order valence-corrected chi connectivity index (χ1v) is 10.6. The molecule has 0 amide bonds. The van der Waals surface area contributed by atoms with E-state index in [1.54, 1.807) is 12.3 Å². The molecular formula is C25H21FN4O3. The molecule has 3 aromatic rings. The smallest absolute Gasteiger partial charge is 0.283 e. The van der Waals surface area contributed by atoms with E-state index in [0.717, 1.165) is 27.8 Å².